The average molecular weight is 474 g/mol. The van der Waals surface area contributed by atoms with Gasteiger partial charge < -0.3 is 5.32 Å². The highest BCUT2D eigenvalue weighted by molar-refractivity contribution is 5.94. The van der Waals surface area contributed by atoms with Crippen LogP contribution in [0.15, 0.2) is 85.1 Å². The summed E-state index contributed by atoms with van der Waals surface area (Å²) in [6, 6.07) is 22.8. The van der Waals surface area contributed by atoms with Gasteiger partial charge in [-0.2, -0.15) is 0 Å². The Labute approximate surface area is 201 Å². The molecule has 0 aliphatic carbocycles. The van der Waals surface area contributed by atoms with Crippen LogP contribution in [0.1, 0.15) is 34.1 Å². The highest BCUT2D eigenvalue weighted by Gasteiger charge is 2.19. The van der Waals surface area contributed by atoms with Gasteiger partial charge in [0, 0.05) is 5.56 Å². The van der Waals surface area contributed by atoms with Crippen LogP contribution in [-0.4, -0.2) is 32.0 Å². The molecule has 0 saturated heterocycles. The lowest BCUT2D eigenvalue weighted by atomic mass is 9.98. The molecule has 8 nitrogen and oxygen atoms in total. The number of hydrogen-bond donors (Lipinski definition) is 3. The van der Waals surface area contributed by atoms with Crippen LogP contribution < -0.4 is 10.8 Å². The van der Waals surface area contributed by atoms with Crippen molar-refractivity contribution in [3.63, 3.8) is 0 Å². The standard InChI is InChI=1S/C26H24FN5O3/c27-22-11-9-20(10-12-22)26(34)28-16-23-17-32(31-29-23)24(15-25(33)30-35)14-18-5-4-8-21(13-18)19-6-2-1-3-7-19/h1-13,17,24,35H,14-16H2,(H,28,34)(H,30,33)/t24-/m1/s1. The fourth-order valence-corrected chi connectivity index (χ4v) is 3.75. The van der Waals surface area contributed by atoms with Gasteiger partial charge in [-0.25, -0.2) is 14.6 Å². The summed E-state index contributed by atoms with van der Waals surface area (Å²) in [6.07, 6.45) is 2.11. The first-order valence-electron chi connectivity index (χ1n) is 11.0. The number of hydroxylamine groups is 1. The highest BCUT2D eigenvalue weighted by Crippen LogP contribution is 2.24. The molecule has 0 aliphatic heterocycles. The number of carbonyl (C=O) groups excluding carboxylic acids is 2. The van der Waals surface area contributed by atoms with Crippen molar-refractivity contribution in [3.8, 4) is 11.1 Å². The molecule has 0 bridgehead atoms. The van der Waals surface area contributed by atoms with Gasteiger partial charge in [-0.1, -0.05) is 59.8 Å². The SMILES string of the molecule is O=C(C[C@@H](Cc1cccc(-c2ccccc2)c1)n1cc(CNC(=O)c2ccc(F)cc2)nn1)NO. The molecule has 0 unspecified atom stereocenters. The summed E-state index contributed by atoms with van der Waals surface area (Å²) in [7, 11) is 0. The van der Waals surface area contributed by atoms with Crippen molar-refractivity contribution in [1.82, 2.24) is 25.8 Å². The second kappa shape index (κ2) is 11.2. The molecule has 0 spiro atoms. The van der Waals surface area contributed by atoms with E-state index in [9.17, 15) is 14.0 Å². The van der Waals surface area contributed by atoms with Crippen molar-refractivity contribution in [3.05, 3.63) is 108 Å². The quantitative estimate of drug-likeness (QED) is 0.254. The van der Waals surface area contributed by atoms with Gasteiger partial charge in [0.25, 0.3) is 5.91 Å². The predicted molar refractivity (Wildman–Crippen MR) is 127 cm³/mol. The van der Waals surface area contributed by atoms with Gasteiger partial charge >= 0.3 is 0 Å². The molecule has 0 fully saturated rings. The molecule has 1 heterocycles. The van der Waals surface area contributed by atoms with Gasteiger partial charge in [-0.15, -0.1) is 5.10 Å². The van der Waals surface area contributed by atoms with E-state index in [2.05, 4.69) is 21.7 Å². The van der Waals surface area contributed by atoms with Crippen LogP contribution in [0.5, 0.6) is 0 Å². The number of rotatable bonds is 9. The van der Waals surface area contributed by atoms with E-state index in [-0.39, 0.29) is 18.9 Å². The molecular weight excluding hydrogens is 449 g/mol. The van der Waals surface area contributed by atoms with Crippen LogP contribution in [0.4, 0.5) is 4.39 Å². The summed E-state index contributed by atoms with van der Waals surface area (Å²) in [4.78, 5) is 24.2. The predicted octanol–water partition coefficient (Wildman–Crippen LogP) is 3.69. The Bertz CT molecular complexity index is 1290. The lowest BCUT2D eigenvalue weighted by Gasteiger charge is -2.16. The van der Waals surface area contributed by atoms with Crippen LogP contribution in [0.25, 0.3) is 11.1 Å². The number of benzene rings is 3. The Hall–Kier alpha value is -4.37. The van der Waals surface area contributed by atoms with Crippen molar-refractivity contribution in [2.24, 2.45) is 0 Å². The monoisotopic (exact) mass is 473 g/mol. The minimum atomic E-state index is -0.545. The zero-order valence-electron chi connectivity index (χ0n) is 18.8. The third-order valence-electron chi connectivity index (χ3n) is 5.52. The van der Waals surface area contributed by atoms with E-state index in [1.165, 1.54) is 24.3 Å². The van der Waals surface area contributed by atoms with Gasteiger partial charge in [0.15, 0.2) is 0 Å². The Morgan fingerprint density at radius 1 is 0.971 bits per heavy atom. The van der Waals surface area contributed by atoms with Crippen molar-refractivity contribution in [2.75, 3.05) is 0 Å². The summed E-state index contributed by atoms with van der Waals surface area (Å²) in [5.41, 5.74) is 5.62. The number of amides is 2. The lowest BCUT2D eigenvalue weighted by Crippen LogP contribution is -2.25. The number of carbonyl (C=O) groups is 2. The molecule has 1 aromatic heterocycles. The summed E-state index contributed by atoms with van der Waals surface area (Å²) >= 11 is 0. The van der Waals surface area contributed by atoms with Gasteiger partial charge in [-0.3, -0.25) is 14.8 Å². The Morgan fingerprint density at radius 3 is 2.46 bits per heavy atom. The van der Waals surface area contributed by atoms with Crippen molar-refractivity contribution in [1.29, 1.82) is 0 Å². The number of nitrogens with zero attached hydrogens (tertiary/aromatic N) is 3. The number of nitrogens with one attached hydrogen (secondary N) is 2. The van der Waals surface area contributed by atoms with Crippen LogP contribution in [0, 0.1) is 5.82 Å². The third-order valence-corrected chi connectivity index (χ3v) is 5.52. The van der Waals surface area contributed by atoms with Crippen LogP contribution in [-0.2, 0) is 17.8 Å². The van der Waals surface area contributed by atoms with Crippen molar-refractivity contribution in [2.45, 2.75) is 25.4 Å². The summed E-state index contributed by atoms with van der Waals surface area (Å²) < 4.78 is 14.6. The largest absolute Gasteiger partial charge is 0.346 e. The van der Waals surface area contributed by atoms with E-state index in [0.717, 1.165) is 16.7 Å². The molecule has 2 amide bonds. The minimum Gasteiger partial charge on any atom is -0.346 e. The Kier molecular flexibility index (Phi) is 7.59. The van der Waals surface area contributed by atoms with E-state index in [4.69, 9.17) is 5.21 Å². The van der Waals surface area contributed by atoms with Gasteiger partial charge in [0.05, 0.1) is 25.2 Å². The maximum atomic E-state index is 13.1. The van der Waals surface area contributed by atoms with Crippen molar-refractivity contribution < 1.29 is 19.2 Å². The minimum absolute atomic E-state index is 0.0171. The summed E-state index contributed by atoms with van der Waals surface area (Å²) in [5, 5.41) is 20.0. The normalized spacial score (nSPS) is 11.6. The maximum absolute atomic E-state index is 13.1. The number of hydrogen-bond acceptors (Lipinski definition) is 5. The highest BCUT2D eigenvalue weighted by atomic mass is 19.1. The number of aromatic nitrogens is 3. The van der Waals surface area contributed by atoms with Gasteiger partial charge in [0.1, 0.15) is 11.5 Å². The molecular formula is C26H24FN5O3. The fraction of sp³-hybridized carbons (Fsp3) is 0.154. The van der Waals surface area contributed by atoms with Crippen molar-refractivity contribution >= 4 is 11.8 Å². The molecule has 1 atom stereocenters. The summed E-state index contributed by atoms with van der Waals surface area (Å²) in [5.74, 6) is -1.33. The molecule has 9 heteroatoms. The van der Waals surface area contributed by atoms with E-state index in [0.29, 0.717) is 17.7 Å². The maximum Gasteiger partial charge on any atom is 0.251 e. The Balaban J connectivity index is 1.47. The van der Waals surface area contributed by atoms with E-state index in [1.54, 1.807) is 16.4 Å². The smallest absolute Gasteiger partial charge is 0.251 e. The molecule has 3 N–H and O–H groups in total. The fourth-order valence-electron chi connectivity index (χ4n) is 3.75. The Morgan fingerprint density at radius 2 is 1.71 bits per heavy atom. The number of halogens is 1. The van der Waals surface area contributed by atoms with Gasteiger partial charge in [0.2, 0.25) is 5.91 Å². The average Bonchev–Trinajstić information content (AvgIpc) is 3.37. The first kappa shape index (κ1) is 23.8. The topological polar surface area (TPSA) is 109 Å². The van der Waals surface area contributed by atoms with Gasteiger partial charge in [-0.05, 0) is 47.4 Å². The van der Waals surface area contributed by atoms with Crippen LogP contribution in [0.3, 0.4) is 0 Å². The molecule has 4 aromatic rings. The van der Waals surface area contributed by atoms with Crippen LogP contribution in [0.2, 0.25) is 0 Å². The summed E-state index contributed by atoms with van der Waals surface area (Å²) in [6.45, 7) is 0.110. The molecule has 178 valence electrons. The first-order valence-corrected chi connectivity index (χ1v) is 11.0. The van der Waals surface area contributed by atoms with Crippen LogP contribution >= 0.6 is 0 Å². The molecule has 0 radical (unpaired) electrons. The zero-order chi connectivity index (χ0) is 24.6. The van der Waals surface area contributed by atoms with E-state index >= 15 is 0 Å². The molecule has 4 rings (SSSR count). The third kappa shape index (κ3) is 6.36. The second-order valence-corrected chi connectivity index (χ2v) is 8.04. The van der Waals surface area contributed by atoms with E-state index in [1.807, 2.05) is 48.5 Å². The molecule has 0 saturated carbocycles. The zero-order valence-corrected chi connectivity index (χ0v) is 18.8. The van der Waals surface area contributed by atoms with E-state index < -0.39 is 17.8 Å². The lowest BCUT2D eigenvalue weighted by molar-refractivity contribution is -0.130. The first-order chi connectivity index (χ1) is 17.0. The molecule has 3 aromatic carbocycles. The molecule has 35 heavy (non-hydrogen) atoms. The molecule has 0 aliphatic rings. The second-order valence-electron chi connectivity index (χ2n) is 8.04.